The predicted molar refractivity (Wildman–Crippen MR) is 64.5 cm³/mol. The molecule has 0 amide bonds. The van der Waals surface area contributed by atoms with Gasteiger partial charge in [-0.15, -0.1) is 0 Å². The van der Waals surface area contributed by atoms with Crippen molar-refractivity contribution in [1.82, 2.24) is 0 Å². The van der Waals surface area contributed by atoms with E-state index in [1.165, 1.54) is 52.0 Å². The van der Waals surface area contributed by atoms with Crippen molar-refractivity contribution in [2.24, 2.45) is 5.92 Å². The normalized spacial score (nSPS) is 27.1. The highest BCUT2D eigenvalue weighted by Gasteiger charge is 2.15. The molecule has 0 aromatic rings. The van der Waals surface area contributed by atoms with Gasteiger partial charge in [0.05, 0.1) is 19.8 Å². The highest BCUT2D eigenvalue weighted by Crippen LogP contribution is 2.15. The molecule has 1 heterocycles. The van der Waals surface area contributed by atoms with Gasteiger partial charge >= 0.3 is 0 Å². The molecule has 3 heteroatoms. The Balaban J connectivity index is 1.49. The lowest BCUT2D eigenvalue weighted by molar-refractivity contribution is -0.919. The largest absolute Gasteiger partial charge is 0.370 e. The number of nitrogens with one attached hydrogen (secondary N) is 1. The summed E-state index contributed by atoms with van der Waals surface area (Å²) >= 11 is 0. The van der Waals surface area contributed by atoms with Gasteiger partial charge in [-0.1, -0.05) is 12.2 Å². The van der Waals surface area contributed by atoms with E-state index in [-0.39, 0.29) is 0 Å². The Hall–Kier alpha value is -0.380. The molecular formula is C13H26N2O+2. The summed E-state index contributed by atoms with van der Waals surface area (Å²) in [6, 6.07) is 0. The predicted octanol–water partition coefficient (Wildman–Crippen LogP) is -1.18. The molecule has 0 spiro atoms. The van der Waals surface area contributed by atoms with E-state index in [2.05, 4.69) is 17.5 Å². The van der Waals surface area contributed by atoms with Crippen molar-refractivity contribution >= 4 is 0 Å². The van der Waals surface area contributed by atoms with E-state index >= 15 is 0 Å². The van der Waals surface area contributed by atoms with E-state index in [0.29, 0.717) is 0 Å². The summed E-state index contributed by atoms with van der Waals surface area (Å²) in [5.41, 5.74) is 0. The van der Waals surface area contributed by atoms with Crippen molar-refractivity contribution in [2.45, 2.75) is 19.3 Å². The number of nitrogens with two attached hydrogens (primary N) is 1. The molecule has 92 valence electrons. The average molecular weight is 226 g/mol. The lowest BCUT2D eigenvalue weighted by Gasteiger charge is -2.23. The van der Waals surface area contributed by atoms with Gasteiger partial charge in [-0.05, 0) is 19.3 Å². The number of hydrogen-bond donors (Lipinski definition) is 2. The van der Waals surface area contributed by atoms with Crippen molar-refractivity contribution in [3.05, 3.63) is 12.2 Å². The topological polar surface area (TPSA) is 30.3 Å². The third-order valence-electron chi connectivity index (χ3n) is 3.78. The summed E-state index contributed by atoms with van der Waals surface area (Å²) in [4.78, 5) is 1.73. The lowest BCUT2D eigenvalue weighted by Crippen LogP contribution is -3.16. The van der Waals surface area contributed by atoms with Crippen LogP contribution >= 0.6 is 0 Å². The molecule has 1 atom stereocenters. The highest BCUT2D eigenvalue weighted by molar-refractivity contribution is 4.89. The number of morpholine rings is 1. The molecule has 1 fully saturated rings. The van der Waals surface area contributed by atoms with Crippen LogP contribution in [0.2, 0.25) is 0 Å². The first-order valence-electron chi connectivity index (χ1n) is 6.83. The van der Waals surface area contributed by atoms with Crippen molar-refractivity contribution in [1.29, 1.82) is 0 Å². The van der Waals surface area contributed by atoms with Gasteiger partial charge in [0.1, 0.15) is 26.2 Å². The second-order valence-electron chi connectivity index (χ2n) is 5.08. The second-order valence-corrected chi connectivity index (χ2v) is 5.08. The maximum absolute atomic E-state index is 5.36. The van der Waals surface area contributed by atoms with E-state index in [4.69, 9.17) is 4.74 Å². The van der Waals surface area contributed by atoms with E-state index in [1.54, 1.807) is 4.90 Å². The van der Waals surface area contributed by atoms with Crippen LogP contribution < -0.4 is 10.2 Å². The van der Waals surface area contributed by atoms with E-state index in [1.807, 2.05) is 0 Å². The molecular weight excluding hydrogens is 200 g/mol. The molecule has 3 nitrogen and oxygen atoms in total. The van der Waals surface area contributed by atoms with Crippen LogP contribution in [-0.4, -0.2) is 45.9 Å². The van der Waals surface area contributed by atoms with Crippen molar-refractivity contribution < 1.29 is 15.0 Å². The molecule has 1 saturated heterocycles. The van der Waals surface area contributed by atoms with Crippen LogP contribution in [0.1, 0.15) is 19.3 Å². The highest BCUT2D eigenvalue weighted by atomic mass is 16.5. The Morgan fingerprint density at radius 3 is 2.88 bits per heavy atom. The molecule has 0 unspecified atom stereocenters. The molecule has 0 bridgehead atoms. The molecule has 0 radical (unpaired) electrons. The van der Waals surface area contributed by atoms with Crippen LogP contribution in [0.15, 0.2) is 12.2 Å². The van der Waals surface area contributed by atoms with Crippen LogP contribution in [0.25, 0.3) is 0 Å². The molecule has 16 heavy (non-hydrogen) atoms. The Labute approximate surface area is 98.8 Å². The fraction of sp³-hybridized carbons (Fsp3) is 0.846. The van der Waals surface area contributed by atoms with Crippen molar-refractivity contribution in [3.8, 4) is 0 Å². The smallest absolute Gasteiger partial charge is 0.127 e. The van der Waals surface area contributed by atoms with Gasteiger partial charge in [-0.25, -0.2) is 0 Å². The van der Waals surface area contributed by atoms with Crippen LogP contribution in [0.3, 0.4) is 0 Å². The zero-order chi connectivity index (χ0) is 11.1. The van der Waals surface area contributed by atoms with E-state index in [0.717, 1.165) is 19.1 Å². The maximum Gasteiger partial charge on any atom is 0.127 e. The zero-order valence-electron chi connectivity index (χ0n) is 10.3. The van der Waals surface area contributed by atoms with Gasteiger partial charge in [0, 0.05) is 5.92 Å². The van der Waals surface area contributed by atoms with Gasteiger partial charge < -0.3 is 15.0 Å². The molecule has 1 aliphatic heterocycles. The summed E-state index contributed by atoms with van der Waals surface area (Å²) in [6.45, 7) is 8.26. The summed E-state index contributed by atoms with van der Waals surface area (Å²) in [5, 5.41) is 2.52. The summed E-state index contributed by atoms with van der Waals surface area (Å²) in [7, 11) is 0. The van der Waals surface area contributed by atoms with Crippen LogP contribution in [0.4, 0.5) is 0 Å². The monoisotopic (exact) mass is 226 g/mol. The molecule has 0 saturated carbocycles. The first-order chi connectivity index (χ1) is 7.95. The van der Waals surface area contributed by atoms with E-state index in [9.17, 15) is 0 Å². The van der Waals surface area contributed by atoms with Crippen molar-refractivity contribution in [2.75, 3.05) is 45.9 Å². The first kappa shape index (κ1) is 12.1. The number of quaternary nitrogens is 2. The Morgan fingerprint density at radius 2 is 2.12 bits per heavy atom. The van der Waals surface area contributed by atoms with Crippen LogP contribution in [-0.2, 0) is 4.74 Å². The molecule has 2 aliphatic rings. The maximum atomic E-state index is 5.36. The third-order valence-corrected chi connectivity index (χ3v) is 3.78. The standard InChI is InChI=1S/C13H24N2O/c1-2-4-13(5-3-1)12-14-6-7-15-8-10-16-11-9-15/h1-2,13-14H,3-12H2/p+2/t13-/m0/s1. The SMILES string of the molecule is C1=CC[C@H](C[NH2+]CC[NH+]2CCOCC2)CC1. The minimum atomic E-state index is 0.935. The molecule has 0 aromatic carbocycles. The average Bonchev–Trinajstić information content (AvgIpc) is 2.37. The van der Waals surface area contributed by atoms with Crippen LogP contribution in [0.5, 0.6) is 0 Å². The molecule has 0 aromatic heterocycles. The number of allylic oxidation sites excluding steroid dienone is 2. The third kappa shape index (κ3) is 4.24. The number of hydrogen-bond acceptors (Lipinski definition) is 1. The van der Waals surface area contributed by atoms with Gasteiger partial charge in [-0.2, -0.15) is 0 Å². The van der Waals surface area contributed by atoms with Gasteiger partial charge in [0.2, 0.25) is 0 Å². The van der Waals surface area contributed by atoms with E-state index < -0.39 is 0 Å². The van der Waals surface area contributed by atoms with Gasteiger partial charge in [0.25, 0.3) is 0 Å². The molecule has 3 N–H and O–H groups in total. The fourth-order valence-corrected chi connectivity index (χ4v) is 2.64. The minimum Gasteiger partial charge on any atom is -0.370 e. The molecule has 2 rings (SSSR count). The number of ether oxygens (including phenoxy) is 1. The number of rotatable bonds is 5. The Morgan fingerprint density at radius 1 is 1.25 bits per heavy atom. The Kier molecular flexibility index (Phi) is 5.32. The van der Waals surface area contributed by atoms with Crippen LogP contribution in [0, 0.1) is 5.92 Å². The Bertz CT molecular complexity index is 212. The van der Waals surface area contributed by atoms with Gasteiger partial charge in [0.15, 0.2) is 0 Å². The van der Waals surface area contributed by atoms with Gasteiger partial charge in [-0.3, -0.25) is 0 Å². The first-order valence-corrected chi connectivity index (χ1v) is 6.83. The lowest BCUT2D eigenvalue weighted by atomic mass is 9.94. The zero-order valence-corrected chi connectivity index (χ0v) is 10.3. The fourth-order valence-electron chi connectivity index (χ4n) is 2.64. The van der Waals surface area contributed by atoms with Crippen molar-refractivity contribution in [3.63, 3.8) is 0 Å². The quantitative estimate of drug-likeness (QED) is 0.449. The molecule has 1 aliphatic carbocycles. The minimum absolute atomic E-state index is 0.935. The summed E-state index contributed by atoms with van der Waals surface area (Å²) in [6.07, 6.45) is 8.69. The summed E-state index contributed by atoms with van der Waals surface area (Å²) < 4.78 is 5.36. The second kappa shape index (κ2) is 7.05. The summed E-state index contributed by atoms with van der Waals surface area (Å²) in [5.74, 6) is 0.935.